The number of aryl methyl sites for hydroxylation is 1. The standard InChI is InChI=1S/C24H22BrN3O2S2/c1-16(7-8-17-5-3-2-4-6-17)26-21(29)15-32-24-27-20-13-14-31-22(20)23(30)28(24)19-11-9-18(25)10-12-19/h2-6,9-14,16H,7-8,15H2,1H3,(H,26,29)/t16-/m1/s1. The molecule has 0 saturated heterocycles. The van der Waals surface area contributed by atoms with E-state index in [-0.39, 0.29) is 23.3 Å². The van der Waals surface area contributed by atoms with Crippen molar-refractivity contribution in [3.05, 3.63) is 86.4 Å². The molecule has 1 amide bonds. The summed E-state index contributed by atoms with van der Waals surface area (Å²) < 4.78 is 3.12. The summed E-state index contributed by atoms with van der Waals surface area (Å²) in [6.07, 6.45) is 1.78. The number of thioether (sulfide) groups is 1. The van der Waals surface area contributed by atoms with Gasteiger partial charge in [-0.25, -0.2) is 4.98 Å². The molecule has 32 heavy (non-hydrogen) atoms. The van der Waals surface area contributed by atoms with Gasteiger partial charge in [0.25, 0.3) is 5.56 Å². The van der Waals surface area contributed by atoms with Crippen LogP contribution < -0.4 is 10.9 Å². The van der Waals surface area contributed by atoms with Gasteiger partial charge in [0.15, 0.2) is 5.16 Å². The van der Waals surface area contributed by atoms with Crippen molar-refractivity contribution in [3.63, 3.8) is 0 Å². The molecule has 0 saturated carbocycles. The summed E-state index contributed by atoms with van der Waals surface area (Å²) in [5.74, 6) is 0.117. The van der Waals surface area contributed by atoms with Crippen LogP contribution in [0.25, 0.3) is 15.9 Å². The molecule has 1 N–H and O–H groups in total. The average Bonchev–Trinajstić information content (AvgIpc) is 3.27. The van der Waals surface area contributed by atoms with Gasteiger partial charge in [0.2, 0.25) is 5.91 Å². The summed E-state index contributed by atoms with van der Waals surface area (Å²) >= 11 is 6.08. The zero-order valence-electron chi connectivity index (χ0n) is 17.5. The second-order valence-electron chi connectivity index (χ2n) is 7.43. The maximum Gasteiger partial charge on any atom is 0.276 e. The largest absolute Gasteiger partial charge is 0.353 e. The molecule has 8 heteroatoms. The van der Waals surface area contributed by atoms with Crippen LogP contribution in [0.1, 0.15) is 18.9 Å². The quantitative estimate of drug-likeness (QED) is 0.245. The third-order valence-corrected chi connectivity index (χ3v) is 7.34. The van der Waals surface area contributed by atoms with Crippen molar-refractivity contribution in [2.45, 2.75) is 31.0 Å². The maximum absolute atomic E-state index is 13.1. The van der Waals surface area contributed by atoms with Crippen LogP contribution in [0.5, 0.6) is 0 Å². The summed E-state index contributed by atoms with van der Waals surface area (Å²) in [6.45, 7) is 2.01. The third-order valence-electron chi connectivity index (χ3n) is 4.98. The predicted octanol–water partition coefficient (Wildman–Crippen LogP) is 5.44. The zero-order chi connectivity index (χ0) is 22.5. The molecule has 0 fully saturated rings. The van der Waals surface area contributed by atoms with Gasteiger partial charge >= 0.3 is 0 Å². The highest BCUT2D eigenvalue weighted by Crippen LogP contribution is 2.24. The van der Waals surface area contributed by atoms with Gasteiger partial charge in [-0.05, 0) is 61.0 Å². The minimum Gasteiger partial charge on any atom is -0.353 e. The van der Waals surface area contributed by atoms with Crippen molar-refractivity contribution in [1.82, 2.24) is 14.9 Å². The fourth-order valence-corrected chi connectivity index (χ4v) is 5.20. The van der Waals surface area contributed by atoms with E-state index in [9.17, 15) is 9.59 Å². The SMILES string of the molecule is C[C@H](CCc1ccccc1)NC(=O)CSc1nc2ccsc2c(=O)n1-c1ccc(Br)cc1. The number of aromatic nitrogens is 2. The van der Waals surface area contributed by atoms with Gasteiger partial charge < -0.3 is 5.32 Å². The van der Waals surface area contributed by atoms with Crippen molar-refractivity contribution < 1.29 is 4.79 Å². The Morgan fingerprint density at radius 1 is 1.16 bits per heavy atom. The predicted molar refractivity (Wildman–Crippen MR) is 136 cm³/mol. The molecule has 0 spiro atoms. The first-order valence-electron chi connectivity index (χ1n) is 10.2. The first-order chi connectivity index (χ1) is 15.5. The van der Waals surface area contributed by atoms with Crippen molar-refractivity contribution in [1.29, 1.82) is 0 Å². The number of nitrogens with one attached hydrogen (secondary N) is 1. The minimum absolute atomic E-state index is 0.0595. The van der Waals surface area contributed by atoms with Crippen molar-refractivity contribution in [3.8, 4) is 5.69 Å². The molecule has 1 atom stereocenters. The molecule has 4 aromatic rings. The lowest BCUT2D eigenvalue weighted by molar-refractivity contribution is -0.119. The van der Waals surface area contributed by atoms with Crippen molar-refractivity contribution in [2.75, 3.05) is 5.75 Å². The molecule has 5 nitrogen and oxygen atoms in total. The van der Waals surface area contributed by atoms with Crippen LogP contribution in [-0.2, 0) is 11.2 Å². The molecule has 0 aliphatic rings. The highest BCUT2D eigenvalue weighted by atomic mass is 79.9. The average molecular weight is 528 g/mol. The Bertz CT molecular complexity index is 1270. The number of rotatable bonds is 8. The number of benzene rings is 2. The van der Waals surface area contributed by atoms with E-state index >= 15 is 0 Å². The number of nitrogens with zero attached hydrogens (tertiary/aromatic N) is 2. The van der Waals surface area contributed by atoms with E-state index in [0.717, 1.165) is 23.0 Å². The number of thiophene rings is 1. The lowest BCUT2D eigenvalue weighted by Gasteiger charge is -2.15. The number of hydrogen-bond acceptors (Lipinski definition) is 5. The Kier molecular flexibility index (Phi) is 7.44. The van der Waals surface area contributed by atoms with Gasteiger partial charge in [-0.15, -0.1) is 11.3 Å². The number of halogens is 1. The maximum atomic E-state index is 13.1. The number of hydrogen-bond donors (Lipinski definition) is 1. The normalized spacial score (nSPS) is 12.1. The highest BCUT2D eigenvalue weighted by molar-refractivity contribution is 9.10. The summed E-state index contributed by atoms with van der Waals surface area (Å²) in [5.41, 5.74) is 2.52. The topological polar surface area (TPSA) is 64.0 Å². The molecule has 0 bridgehead atoms. The van der Waals surface area contributed by atoms with E-state index < -0.39 is 0 Å². The first-order valence-corrected chi connectivity index (χ1v) is 12.9. The monoisotopic (exact) mass is 527 g/mol. The molecule has 0 aliphatic carbocycles. The third kappa shape index (κ3) is 5.49. The van der Waals surface area contributed by atoms with Gasteiger partial charge in [0.05, 0.1) is 17.0 Å². The molecule has 4 rings (SSSR count). The second-order valence-corrected chi connectivity index (χ2v) is 10.2. The first kappa shape index (κ1) is 22.8. The molecule has 2 heterocycles. The molecular weight excluding hydrogens is 506 g/mol. The Labute approximate surface area is 203 Å². The molecule has 2 aromatic carbocycles. The molecule has 0 aliphatic heterocycles. The molecule has 0 unspecified atom stereocenters. The van der Waals surface area contributed by atoms with Crippen LogP contribution in [-0.4, -0.2) is 27.3 Å². The minimum atomic E-state index is -0.119. The van der Waals surface area contributed by atoms with E-state index in [4.69, 9.17) is 0 Å². The molecular formula is C24H22BrN3O2S2. The van der Waals surface area contributed by atoms with Gasteiger partial charge in [-0.1, -0.05) is 58.0 Å². The van der Waals surface area contributed by atoms with E-state index in [1.807, 2.05) is 60.8 Å². The summed E-state index contributed by atoms with van der Waals surface area (Å²) in [7, 11) is 0. The molecule has 164 valence electrons. The molecule has 0 radical (unpaired) electrons. The van der Waals surface area contributed by atoms with Crippen LogP contribution >= 0.6 is 39.0 Å². The van der Waals surface area contributed by atoms with Gasteiger partial charge in [-0.3, -0.25) is 14.2 Å². The lowest BCUT2D eigenvalue weighted by atomic mass is 10.1. The van der Waals surface area contributed by atoms with Crippen LogP contribution in [0.2, 0.25) is 0 Å². The molecule has 2 aromatic heterocycles. The fraction of sp³-hybridized carbons (Fsp3) is 0.208. The Balaban J connectivity index is 1.46. The summed E-state index contributed by atoms with van der Waals surface area (Å²) in [6, 6.07) is 19.6. The zero-order valence-corrected chi connectivity index (χ0v) is 20.7. The van der Waals surface area contributed by atoms with E-state index in [0.29, 0.717) is 15.4 Å². The Morgan fingerprint density at radius 3 is 2.66 bits per heavy atom. The summed E-state index contributed by atoms with van der Waals surface area (Å²) in [4.78, 5) is 30.4. The fourth-order valence-electron chi connectivity index (χ4n) is 3.35. The number of carbonyl (C=O) groups excluding carboxylic acids is 1. The van der Waals surface area contributed by atoms with Crippen LogP contribution in [0, 0.1) is 0 Å². The van der Waals surface area contributed by atoms with E-state index in [1.165, 1.54) is 28.7 Å². The van der Waals surface area contributed by atoms with Crippen LogP contribution in [0.15, 0.2) is 80.5 Å². The van der Waals surface area contributed by atoms with Gasteiger partial charge in [-0.2, -0.15) is 0 Å². The van der Waals surface area contributed by atoms with Crippen LogP contribution in [0.4, 0.5) is 0 Å². The highest BCUT2D eigenvalue weighted by Gasteiger charge is 2.16. The second kappa shape index (κ2) is 10.5. The number of carbonyl (C=O) groups is 1. The van der Waals surface area contributed by atoms with Gasteiger partial charge in [0.1, 0.15) is 4.70 Å². The number of amides is 1. The number of fused-ring (bicyclic) bond motifs is 1. The lowest BCUT2D eigenvalue weighted by Crippen LogP contribution is -2.34. The smallest absolute Gasteiger partial charge is 0.276 e. The van der Waals surface area contributed by atoms with E-state index in [2.05, 4.69) is 38.4 Å². The van der Waals surface area contributed by atoms with Crippen molar-refractivity contribution >= 4 is 55.2 Å². The summed E-state index contributed by atoms with van der Waals surface area (Å²) in [5, 5.41) is 5.43. The van der Waals surface area contributed by atoms with Crippen LogP contribution in [0.3, 0.4) is 0 Å². The van der Waals surface area contributed by atoms with Crippen molar-refractivity contribution in [2.24, 2.45) is 0 Å². The van der Waals surface area contributed by atoms with E-state index in [1.54, 1.807) is 4.57 Å². The Hall–Kier alpha value is -2.42. The Morgan fingerprint density at radius 2 is 1.91 bits per heavy atom. The van der Waals surface area contributed by atoms with Gasteiger partial charge in [0, 0.05) is 10.5 Å².